The van der Waals surface area contributed by atoms with Gasteiger partial charge in [-0.1, -0.05) is 30.3 Å². The molecule has 0 bridgehead atoms. The second-order valence-corrected chi connectivity index (χ2v) is 6.82. The highest BCUT2D eigenvalue weighted by Gasteiger charge is 2.63. The Morgan fingerprint density at radius 1 is 1.17 bits per heavy atom. The van der Waals surface area contributed by atoms with E-state index in [1.807, 2.05) is 30.3 Å². The summed E-state index contributed by atoms with van der Waals surface area (Å²) in [6, 6.07) is 9.98. The van der Waals surface area contributed by atoms with Gasteiger partial charge >= 0.3 is 0 Å². The lowest BCUT2D eigenvalue weighted by molar-refractivity contribution is -0.269. The number of aliphatic hydroxyl groups excluding tert-OH is 2. The quantitative estimate of drug-likeness (QED) is 0.735. The van der Waals surface area contributed by atoms with Gasteiger partial charge in [-0.3, -0.25) is 0 Å². The van der Waals surface area contributed by atoms with E-state index >= 15 is 0 Å². The number of hydrogen-bond acceptors (Lipinski definition) is 6. The number of fused-ring (bicyclic) bond motifs is 1. The third-order valence-corrected chi connectivity index (χ3v) is 4.41. The van der Waals surface area contributed by atoms with E-state index in [0.29, 0.717) is 26.1 Å². The maximum atomic E-state index is 10.3. The molecule has 6 nitrogen and oxygen atoms in total. The smallest absolute Gasteiger partial charge is 0.201 e. The van der Waals surface area contributed by atoms with Gasteiger partial charge in [-0.25, -0.2) is 0 Å². The van der Waals surface area contributed by atoms with Gasteiger partial charge in [-0.05, 0) is 25.8 Å². The van der Waals surface area contributed by atoms with Crippen LogP contribution in [-0.2, 0) is 25.6 Å². The SMILES string of the molecule is CC1(C)O[C@H]2[C@H](O)[C@H](CO)O[C@@]2(CCCOCc2ccccc2)O1. The highest BCUT2D eigenvalue weighted by atomic mass is 16.9. The zero-order valence-electron chi connectivity index (χ0n) is 14.2. The molecule has 2 N–H and O–H groups in total. The van der Waals surface area contributed by atoms with Crippen LogP contribution in [0.5, 0.6) is 0 Å². The summed E-state index contributed by atoms with van der Waals surface area (Å²) < 4.78 is 23.3. The van der Waals surface area contributed by atoms with Crippen LogP contribution >= 0.6 is 0 Å². The topological polar surface area (TPSA) is 77.4 Å². The lowest BCUT2D eigenvalue weighted by atomic mass is 10.0. The first-order valence-electron chi connectivity index (χ1n) is 8.42. The molecular formula is C18H26O6. The summed E-state index contributed by atoms with van der Waals surface area (Å²) in [5.41, 5.74) is 1.13. The highest BCUT2D eigenvalue weighted by molar-refractivity contribution is 5.13. The van der Waals surface area contributed by atoms with Crippen LogP contribution in [0.25, 0.3) is 0 Å². The average molecular weight is 338 g/mol. The molecule has 2 saturated heterocycles. The zero-order chi connectivity index (χ0) is 17.2. The van der Waals surface area contributed by atoms with Crippen LogP contribution in [0.1, 0.15) is 32.3 Å². The van der Waals surface area contributed by atoms with Crippen LogP contribution in [0, 0.1) is 0 Å². The van der Waals surface area contributed by atoms with Crippen LogP contribution in [0.4, 0.5) is 0 Å². The van der Waals surface area contributed by atoms with Gasteiger partial charge in [0, 0.05) is 13.0 Å². The van der Waals surface area contributed by atoms with E-state index in [1.54, 1.807) is 13.8 Å². The van der Waals surface area contributed by atoms with E-state index < -0.39 is 29.9 Å². The minimum absolute atomic E-state index is 0.267. The Morgan fingerprint density at radius 3 is 2.62 bits per heavy atom. The second kappa shape index (κ2) is 7.07. The van der Waals surface area contributed by atoms with Crippen LogP contribution < -0.4 is 0 Å². The van der Waals surface area contributed by atoms with Crippen molar-refractivity contribution in [2.45, 2.75) is 63.2 Å². The monoisotopic (exact) mass is 338 g/mol. The van der Waals surface area contributed by atoms with E-state index in [0.717, 1.165) is 5.56 Å². The molecule has 1 aromatic rings. The lowest BCUT2D eigenvalue weighted by Gasteiger charge is -2.28. The van der Waals surface area contributed by atoms with Crippen molar-refractivity contribution in [3.63, 3.8) is 0 Å². The van der Waals surface area contributed by atoms with Crippen molar-refractivity contribution in [3.05, 3.63) is 35.9 Å². The molecule has 2 aliphatic rings. The molecule has 1 aromatic carbocycles. The number of aliphatic hydroxyl groups is 2. The molecule has 3 rings (SSSR count). The Balaban J connectivity index is 1.52. The predicted octanol–water partition coefficient (Wildman–Crippen LogP) is 1.58. The van der Waals surface area contributed by atoms with Gasteiger partial charge in [0.15, 0.2) is 5.79 Å². The molecule has 24 heavy (non-hydrogen) atoms. The van der Waals surface area contributed by atoms with Crippen molar-refractivity contribution in [1.82, 2.24) is 0 Å². The first-order valence-corrected chi connectivity index (χ1v) is 8.42. The fourth-order valence-corrected chi connectivity index (χ4v) is 3.42. The summed E-state index contributed by atoms with van der Waals surface area (Å²) in [4.78, 5) is 0. The van der Waals surface area contributed by atoms with Crippen LogP contribution in [0.3, 0.4) is 0 Å². The van der Waals surface area contributed by atoms with E-state index in [1.165, 1.54) is 0 Å². The molecule has 0 amide bonds. The van der Waals surface area contributed by atoms with E-state index in [9.17, 15) is 10.2 Å². The van der Waals surface area contributed by atoms with Gasteiger partial charge in [-0.15, -0.1) is 0 Å². The van der Waals surface area contributed by atoms with Gasteiger partial charge in [0.05, 0.1) is 13.2 Å². The molecule has 0 unspecified atom stereocenters. The first kappa shape index (κ1) is 17.8. The van der Waals surface area contributed by atoms with Gasteiger partial charge in [0.25, 0.3) is 0 Å². The van der Waals surface area contributed by atoms with Crippen LogP contribution in [0.15, 0.2) is 30.3 Å². The molecule has 0 saturated carbocycles. The molecule has 6 heteroatoms. The lowest BCUT2D eigenvalue weighted by Crippen LogP contribution is -2.40. The van der Waals surface area contributed by atoms with Gasteiger partial charge in [0.1, 0.15) is 18.3 Å². The van der Waals surface area contributed by atoms with Gasteiger partial charge in [0.2, 0.25) is 5.79 Å². The molecule has 0 aromatic heterocycles. The van der Waals surface area contributed by atoms with Gasteiger partial charge < -0.3 is 29.2 Å². The molecule has 0 spiro atoms. The molecule has 0 aliphatic carbocycles. The third kappa shape index (κ3) is 3.64. The minimum Gasteiger partial charge on any atom is -0.394 e. The molecule has 0 radical (unpaired) electrons. The van der Waals surface area contributed by atoms with E-state index in [-0.39, 0.29) is 6.61 Å². The third-order valence-electron chi connectivity index (χ3n) is 4.41. The Bertz CT molecular complexity index is 534. The fourth-order valence-electron chi connectivity index (χ4n) is 3.42. The molecule has 2 heterocycles. The second-order valence-electron chi connectivity index (χ2n) is 6.82. The molecule has 134 valence electrons. The number of hydrogen-bond donors (Lipinski definition) is 2. The summed E-state index contributed by atoms with van der Waals surface area (Å²) >= 11 is 0. The van der Waals surface area contributed by atoms with Crippen molar-refractivity contribution in [2.75, 3.05) is 13.2 Å². The zero-order valence-corrected chi connectivity index (χ0v) is 14.2. The molecule has 2 fully saturated rings. The van der Waals surface area contributed by atoms with Crippen molar-refractivity contribution in [1.29, 1.82) is 0 Å². The average Bonchev–Trinajstić information content (AvgIpc) is 2.96. The summed E-state index contributed by atoms with van der Waals surface area (Å²) in [6.45, 7) is 4.43. The summed E-state index contributed by atoms with van der Waals surface area (Å²) in [5, 5.41) is 19.6. The van der Waals surface area contributed by atoms with Crippen molar-refractivity contribution >= 4 is 0 Å². The molecular weight excluding hydrogens is 312 g/mol. The first-order chi connectivity index (χ1) is 11.5. The Kier molecular flexibility index (Phi) is 5.24. The van der Waals surface area contributed by atoms with Crippen LogP contribution in [-0.4, -0.2) is 53.3 Å². The van der Waals surface area contributed by atoms with E-state index in [2.05, 4.69) is 0 Å². The highest BCUT2D eigenvalue weighted by Crippen LogP contribution is 2.47. The predicted molar refractivity (Wildman–Crippen MR) is 86.1 cm³/mol. The Labute approximate surface area is 142 Å². The molecule has 2 aliphatic heterocycles. The van der Waals surface area contributed by atoms with Gasteiger partial charge in [-0.2, -0.15) is 0 Å². The summed E-state index contributed by atoms with van der Waals surface area (Å²) in [6.07, 6.45) is -0.950. The van der Waals surface area contributed by atoms with Crippen molar-refractivity contribution < 1.29 is 29.2 Å². The van der Waals surface area contributed by atoms with Crippen LogP contribution in [0.2, 0.25) is 0 Å². The maximum Gasteiger partial charge on any atom is 0.201 e. The summed E-state index contributed by atoms with van der Waals surface area (Å²) in [5.74, 6) is -1.84. The maximum absolute atomic E-state index is 10.3. The Hall–Kier alpha value is -1.02. The minimum atomic E-state index is -1.02. The Morgan fingerprint density at radius 2 is 1.92 bits per heavy atom. The number of ether oxygens (including phenoxy) is 4. The number of benzene rings is 1. The van der Waals surface area contributed by atoms with Crippen molar-refractivity contribution in [2.24, 2.45) is 0 Å². The van der Waals surface area contributed by atoms with Crippen molar-refractivity contribution in [3.8, 4) is 0 Å². The largest absolute Gasteiger partial charge is 0.394 e. The summed E-state index contributed by atoms with van der Waals surface area (Å²) in [7, 11) is 0. The number of rotatable bonds is 7. The normalized spacial score (nSPS) is 34.4. The standard InChI is InChI=1S/C18H26O6/c1-17(2)23-16-15(20)14(11-19)22-18(16,24-17)9-6-10-21-12-13-7-4-3-5-8-13/h3-5,7-8,14-16,19-20H,6,9-12H2,1-2H3/t14-,15+,16-,18-/m0/s1. The fraction of sp³-hybridized carbons (Fsp3) is 0.667. The van der Waals surface area contributed by atoms with E-state index in [4.69, 9.17) is 18.9 Å². The molecule has 4 atom stereocenters.